The molecule has 46 heavy (non-hydrogen) atoms. The van der Waals surface area contributed by atoms with Gasteiger partial charge in [0.25, 0.3) is 0 Å². The summed E-state index contributed by atoms with van der Waals surface area (Å²) in [5, 5.41) is 0. The molecule has 5 aromatic rings. The highest BCUT2D eigenvalue weighted by Gasteiger charge is 2.38. The number of halogens is 8. The summed E-state index contributed by atoms with van der Waals surface area (Å²) in [4.78, 5) is 0. The van der Waals surface area contributed by atoms with Crippen molar-refractivity contribution in [3.05, 3.63) is 137 Å². The van der Waals surface area contributed by atoms with Crippen molar-refractivity contribution in [2.24, 2.45) is 0 Å². The monoisotopic (exact) mass is 640 g/mol. The maximum Gasteiger partial charge on any atom is 0.429 e. The van der Waals surface area contributed by atoms with E-state index in [1.165, 1.54) is 42.5 Å². The van der Waals surface area contributed by atoms with Gasteiger partial charge < -0.3 is 4.74 Å². The van der Waals surface area contributed by atoms with Crippen molar-refractivity contribution in [2.45, 2.75) is 44.9 Å². The molecule has 0 aromatic heterocycles. The minimum atomic E-state index is -4.88. The maximum absolute atomic E-state index is 15.0. The van der Waals surface area contributed by atoms with Crippen LogP contribution in [0.5, 0.6) is 5.75 Å². The van der Waals surface area contributed by atoms with Gasteiger partial charge in [-0.15, -0.1) is 0 Å². The van der Waals surface area contributed by atoms with E-state index in [4.69, 9.17) is 4.74 Å². The van der Waals surface area contributed by atoms with E-state index in [0.29, 0.717) is 34.4 Å². The molecule has 0 aliphatic heterocycles. The summed E-state index contributed by atoms with van der Waals surface area (Å²) >= 11 is 0. The molecule has 0 aliphatic rings. The standard InChI is InChI=1S/C37H28F8O/c1-2-3-4-5-23-6-8-24(9-7-23)27-13-19-32(35(40)21-27)37(44,45)46-29-15-10-25(11-16-29)26-12-17-30(33(38)20-26)28-14-18-31(34(39)22-28)36(41,42)43/h6-22H,2-5H2,1H3. The Hall–Kier alpha value is -4.66. The molecule has 0 N–H and O–H groups in total. The summed E-state index contributed by atoms with van der Waals surface area (Å²) in [5.74, 6) is -3.76. The number of aryl methyl sites for hydroxylation is 1. The molecule has 5 rings (SSSR count). The molecule has 0 amide bonds. The van der Waals surface area contributed by atoms with E-state index in [-0.39, 0.29) is 16.9 Å². The minimum Gasteiger partial charge on any atom is -0.429 e. The first kappa shape index (κ1) is 32.7. The number of hydrogen-bond donors (Lipinski definition) is 0. The van der Waals surface area contributed by atoms with Gasteiger partial charge in [-0.3, -0.25) is 0 Å². The minimum absolute atomic E-state index is 0.0866. The van der Waals surface area contributed by atoms with Gasteiger partial charge in [-0.25, -0.2) is 13.2 Å². The Morgan fingerprint density at radius 1 is 0.522 bits per heavy atom. The predicted octanol–water partition coefficient (Wildman–Crippen LogP) is 12.0. The van der Waals surface area contributed by atoms with Crippen LogP contribution in [-0.4, -0.2) is 0 Å². The van der Waals surface area contributed by atoms with Gasteiger partial charge in [-0.1, -0.05) is 80.4 Å². The molecule has 238 valence electrons. The van der Waals surface area contributed by atoms with Crippen LogP contribution in [0, 0.1) is 17.5 Å². The fraction of sp³-hybridized carbons (Fsp3) is 0.189. The van der Waals surface area contributed by atoms with E-state index in [1.807, 2.05) is 24.3 Å². The maximum atomic E-state index is 15.0. The summed E-state index contributed by atoms with van der Waals surface area (Å²) in [5.41, 5.74) is 0.420. The fourth-order valence-corrected chi connectivity index (χ4v) is 5.13. The molecular formula is C37H28F8O. The van der Waals surface area contributed by atoms with Crippen LogP contribution in [-0.2, 0) is 18.7 Å². The highest BCUT2D eigenvalue weighted by atomic mass is 19.4. The Morgan fingerprint density at radius 3 is 1.59 bits per heavy atom. The van der Waals surface area contributed by atoms with Gasteiger partial charge in [0.1, 0.15) is 23.2 Å². The summed E-state index contributed by atoms with van der Waals surface area (Å²) in [6.07, 6.45) is -4.64. The van der Waals surface area contributed by atoms with Crippen LogP contribution < -0.4 is 4.74 Å². The molecule has 0 saturated carbocycles. The molecule has 1 nitrogen and oxygen atoms in total. The number of alkyl halides is 5. The van der Waals surface area contributed by atoms with Crippen molar-refractivity contribution in [3.8, 4) is 39.1 Å². The lowest BCUT2D eigenvalue weighted by Crippen LogP contribution is -2.23. The summed E-state index contributed by atoms with van der Waals surface area (Å²) in [6.45, 7) is 2.13. The zero-order chi connectivity index (χ0) is 33.1. The third-order valence-corrected chi connectivity index (χ3v) is 7.63. The first-order valence-electron chi connectivity index (χ1n) is 14.6. The zero-order valence-electron chi connectivity index (χ0n) is 24.6. The molecule has 0 bridgehead atoms. The van der Waals surface area contributed by atoms with Crippen molar-refractivity contribution >= 4 is 0 Å². The fourth-order valence-electron chi connectivity index (χ4n) is 5.13. The van der Waals surface area contributed by atoms with Crippen LogP contribution in [0.1, 0.15) is 42.9 Å². The van der Waals surface area contributed by atoms with Gasteiger partial charge >= 0.3 is 12.3 Å². The number of unbranched alkanes of at least 4 members (excludes halogenated alkanes) is 2. The second-order valence-corrected chi connectivity index (χ2v) is 10.9. The summed E-state index contributed by atoms with van der Waals surface area (Å²) in [7, 11) is 0. The smallest absolute Gasteiger partial charge is 0.429 e. The van der Waals surface area contributed by atoms with E-state index in [0.717, 1.165) is 55.5 Å². The van der Waals surface area contributed by atoms with Crippen LogP contribution in [0.25, 0.3) is 33.4 Å². The van der Waals surface area contributed by atoms with Crippen molar-refractivity contribution in [1.82, 2.24) is 0 Å². The Bertz CT molecular complexity index is 1810. The highest BCUT2D eigenvalue weighted by molar-refractivity contribution is 5.71. The normalized spacial score (nSPS) is 11.9. The van der Waals surface area contributed by atoms with Crippen LogP contribution in [0.3, 0.4) is 0 Å². The number of benzene rings is 5. The average Bonchev–Trinajstić information content (AvgIpc) is 3.01. The topological polar surface area (TPSA) is 9.23 Å². The molecule has 0 atom stereocenters. The van der Waals surface area contributed by atoms with Crippen LogP contribution in [0.15, 0.2) is 103 Å². The van der Waals surface area contributed by atoms with Crippen molar-refractivity contribution in [2.75, 3.05) is 0 Å². The largest absolute Gasteiger partial charge is 0.429 e. The Labute approximate surface area is 261 Å². The molecule has 0 unspecified atom stereocenters. The van der Waals surface area contributed by atoms with Gasteiger partial charge in [-0.05, 0) is 88.7 Å². The van der Waals surface area contributed by atoms with Gasteiger partial charge in [-0.2, -0.15) is 22.0 Å². The average molecular weight is 641 g/mol. The molecule has 0 spiro atoms. The van der Waals surface area contributed by atoms with Crippen molar-refractivity contribution in [3.63, 3.8) is 0 Å². The third kappa shape index (κ3) is 7.41. The molecule has 9 heteroatoms. The summed E-state index contributed by atoms with van der Waals surface area (Å²) < 4.78 is 117. The Kier molecular flexibility index (Phi) is 9.51. The molecule has 0 aliphatic carbocycles. The summed E-state index contributed by atoms with van der Waals surface area (Å²) in [6, 6.07) is 22.2. The lowest BCUT2D eigenvalue weighted by atomic mass is 9.98. The first-order valence-corrected chi connectivity index (χ1v) is 14.6. The van der Waals surface area contributed by atoms with Crippen molar-refractivity contribution < 1.29 is 39.9 Å². The zero-order valence-corrected chi connectivity index (χ0v) is 24.6. The highest BCUT2D eigenvalue weighted by Crippen LogP contribution is 2.37. The van der Waals surface area contributed by atoms with Crippen LogP contribution >= 0.6 is 0 Å². The predicted molar refractivity (Wildman–Crippen MR) is 162 cm³/mol. The van der Waals surface area contributed by atoms with E-state index in [9.17, 15) is 26.3 Å². The number of ether oxygens (including phenoxy) is 1. The SMILES string of the molecule is CCCCCc1ccc(-c2ccc(C(F)(F)Oc3ccc(-c4ccc(-c5ccc(C(F)(F)F)c(F)c5)c(F)c4)cc3)c(F)c2)cc1. The first-order chi connectivity index (χ1) is 21.9. The molecule has 0 heterocycles. The second kappa shape index (κ2) is 13.4. The van der Waals surface area contributed by atoms with Gasteiger partial charge in [0, 0.05) is 5.56 Å². The van der Waals surface area contributed by atoms with Crippen LogP contribution in [0.4, 0.5) is 35.1 Å². The van der Waals surface area contributed by atoms with E-state index in [2.05, 4.69) is 6.92 Å². The molecule has 5 aromatic carbocycles. The third-order valence-electron chi connectivity index (χ3n) is 7.63. The molecule has 0 radical (unpaired) electrons. The quantitative estimate of drug-likeness (QED) is 0.109. The number of rotatable bonds is 10. The second-order valence-electron chi connectivity index (χ2n) is 10.9. The lowest BCUT2D eigenvalue weighted by molar-refractivity contribution is -0.187. The van der Waals surface area contributed by atoms with Crippen molar-refractivity contribution in [1.29, 1.82) is 0 Å². The Balaban J connectivity index is 1.28. The van der Waals surface area contributed by atoms with Gasteiger partial charge in [0.05, 0.1) is 11.1 Å². The van der Waals surface area contributed by atoms with E-state index >= 15 is 8.78 Å². The number of hydrogen-bond acceptors (Lipinski definition) is 1. The van der Waals surface area contributed by atoms with E-state index in [1.54, 1.807) is 0 Å². The van der Waals surface area contributed by atoms with E-state index < -0.39 is 40.9 Å². The van der Waals surface area contributed by atoms with Crippen LogP contribution in [0.2, 0.25) is 0 Å². The van der Waals surface area contributed by atoms with Gasteiger partial charge in [0.2, 0.25) is 0 Å². The van der Waals surface area contributed by atoms with Gasteiger partial charge in [0.15, 0.2) is 0 Å². The Morgan fingerprint density at radius 2 is 1.02 bits per heavy atom. The molecular weight excluding hydrogens is 612 g/mol. The molecule has 0 saturated heterocycles. The molecule has 0 fully saturated rings. The lowest BCUT2D eigenvalue weighted by Gasteiger charge is -2.19.